The average Bonchev–Trinajstić information content (AvgIpc) is 2.70. The van der Waals surface area contributed by atoms with Crippen LogP contribution in [-0.2, 0) is 6.42 Å². The predicted octanol–water partition coefficient (Wildman–Crippen LogP) is 5.17. The topological polar surface area (TPSA) is 84.2 Å². The standard InChI is InChI=1S/C20H18ClN5O2/c1-13-8-9-15(21)11-16(13)24-19-18(26(27)28)20(23-12-22-19)25-10-4-6-14-5-2-3-7-17(14)25/h2-3,5,7-9,11-12H,4,6,10H2,1H3,(H,22,23,24). The fourth-order valence-corrected chi connectivity index (χ4v) is 3.61. The first-order valence-corrected chi connectivity index (χ1v) is 9.30. The highest BCUT2D eigenvalue weighted by atomic mass is 35.5. The molecule has 1 N–H and O–H groups in total. The van der Waals surface area contributed by atoms with Gasteiger partial charge in [0.2, 0.25) is 11.6 Å². The molecule has 0 fully saturated rings. The maximum Gasteiger partial charge on any atom is 0.354 e. The van der Waals surface area contributed by atoms with Gasteiger partial charge in [-0.15, -0.1) is 0 Å². The summed E-state index contributed by atoms with van der Waals surface area (Å²) in [5, 5.41) is 15.6. The van der Waals surface area contributed by atoms with Gasteiger partial charge in [-0.1, -0.05) is 35.9 Å². The SMILES string of the molecule is Cc1ccc(Cl)cc1Nc1ncnc(N2CCCc3ccccc32)c1[N+](=O)[O-]. The summed E-state index contributed by atoms with van der Waals surface area (Å²) in [6.07, 6.45) is 3.19. The van der Waals surface area contributed by atoms with Crippen LogP contribution in [0.25, 0.3) is 0 Å². The third kappa shape index (κ3) is 3.36. The van der Waals surface area contributed by atoms with Crippen molar-refractivity contribution in [2.24, 2.45) is 0 Å². The number of hydrogen-bond acceptors (Lipinski definition) is 6. The molecule has 2 aromatic carbocycles. The van der Waals surface area contributed by atoms with Crippen LogP contribution in [0.5, 0.6) is 0 Å². The van der Waals surface area contributed by atoms with Crippen LogP contribution >= 0.6 is 11.6 Å². The second-order valence-electron chi connectivity index (χ2n) is 6.62. The van der Waals surface area contributed by atoms with E-state index in [4.69, 9.17) is 11.6 Å². The molecule has 7 nitrogen and oxygen atoms in total. The zero-order chi connectivity index (χ0) is 19.7. The molecule has 0 atom stereocenters. The Balaban J connectivity index is 1.81. The number of anilines is 4. The predicted molar refractivity (Wildman–Crippen MR) is 110 cm³/mol. The maximum absolute atomic E-state index is 12.0. The molecule has 0 saturated carbocycles. The summed E-state index contributed by atoms with van der Waals surface area (Å²) in [5.41, 5.74) is 3.52. The average molecular weight is 396 g/mol. The van der Waals surface area contributed by atoms with Gasteiger partial charge in [-0.2, -0.15) is 0 Å². The highest BCUT2D eigenvalue weighted by Gasteiger charge is 2.30. The molecule has 1 aromatic heterocycles. The third-order valence-electron chi connectivity index (χ3n) is 4.80. The van der Waals surface area contributed by atoms with Crippen LogP contribution in [0.1, 0.15) is 17.5 Å². The Morgan fingerprint density at radius 2 is 2.04 bits per heavy atom. The van der Waals surface area contributed by atoms with Crippen LogP contribution in [0, 0.1) is 17.0 Å². The molecule has 4 rings (SSSR count). The smallest absolute Gasteiger partial charge is 0.334 e. The van der Waals surface area contributed by atoms with Crippen molar-refractivity contribution in [2.75, 3.05) is 16.8 Å². The number of aromatic nitrogens is 2. The summed E-state index contributed by atoms with van der Waals surface area (Å²) in [7, 11) is 0. The number of nitrogens with one attached hydrogen (secondary N) is 1. The van der Waals surface area contributed by atoms with Crippen LogP contribution in [-0.4, -0.2) is 21.4 Å². The van der Waals surface area contributed by atoms with Gasteiger partial charge in [-0.3, -0.25) is 10.1 Å². The first-order valence-electron chi connectivity index (χ1n) is 8.92. The zero-order valence-electron chi connectivity index (χ0n) is 15.2. The molecule has 1 aliphatic rings. The van der Waals surface area contributed by atoms with Crippen LogP contribution in [0.4, 0.5) is 28.7 Å². The van der Waals surface area contributed by atoms with Crippen LogP contribution < -0.4 is 10.2 Å². The minimum Gasteiger partial charge on any atom is -0.334 e. The normalized spacial score (nSPS) is 13.1. The molecule has 8 heteroatoms. The lowest BCUT2D eigenvalue weighted by atomic mass is 10.0. The number of aryl methyl sites for hydroxylation is 2. The van der Waals surface area contributed by atoms with Gasteiger partial charge < -0.3 is 10.2 Å². The highest BCUT2D eigenvalue weighted by Crippen LogP contribution is 2.40. The Labute approximate surface area is 167 Å². The number of halogens is 1. The summed E-state index contributed by atoms with van der Waals surface area (Å²) in [6, 6.07) is 13.3. The van der Waals surface area contributed by atoms with Gasteiger partial charge in [-0.25, -0.2) is 9.97 Å². The van der Waals surface area contributed by atoms with E-state index in [1.165, 1.54) is 6.33 Å². The van der Waals surface area contributed by atoms with Gasteiger partial charge in [0.05, 0.1) is 4.92 Å². The van der Waals surface area contributed by atoms with E-state index in [1.807, 2.05) is 42.2 Å². The van der Waals surface area contributed by atoms with Crippen molar-refractivity contribution in [1.82, 2.24) is 9.97 Å². The van der Waals surface area contributed by atoms with Gasteiger partial charge in [0, 0.05) is 22.9 Å². The summed E-state index contributed by atoms with van der Waals surface area (Å²) < 4.78 is 0. The van der Waals surface area contributed by atoms with Crippen molar-refractivity contribution in [1.29, 1.82) is 0 Å². The number of para-hydroxylation sites is 1. The van der Waals surface area contributed by atoms with E-state index in [9.17, 15) is 10.1 Å². The molecule has 0 spiro atoms. The van der Waals surface area contributed by atoms with E-state index in [0.717, 1.165) is 29.7 Å². The van der Waals surface area contributed by atoms with E-state index in [1.54, 1.807) is 12.1 Å². The first-order chi connectivity index (χ1) is 13.5. The number of benzene rings is 2. The van der Waals surface area contributed by atoms with Crippen molar-refractivity contribution in [2.45, 2.75) is 19.8 Å². The van der Waals surface area contributed by atoms with Gasteiger partial charge in [0.15, 0.2) is 0 Å². The molecule has 0 amide bonds. The van der Waals surface area contributed by atoms with Crippen LogP contribution in [0.15, 0.2) is 48.8 Å². The van der Waals surface area contributed by atoms with Gasteiger partial charge in [-0.05, 0) is 49.1 Å². The molecule has 0 unspecified atom stereocenters. The fraction of sp³-hybridized carbons (Fsp3) is 0.200. The molecule has 3 aromatic rings. The number of fused-ring (bicyclic) bond motifs is 1. The summed E-state index contributed by atoms with van der Waals surface area (Å²) in [4.78, 5) is 21.8. The Bertz CT molecular complexity index is 1060. The lowest BCUT2D eigenvalue weighted by Crippen LogP contribution is -2.26. The number of nitro groups is 1. The Hall–Kier alpha value is -3.19. The van der Waals surface area contributed by atoms with Crippen molar-refractivity contribution in [3.05, 3.63) is 75.1 Å². The Morgan fingerprint density at radius 3 is 2.86 bits per heavy atom. The maximum atomic E-state index is 12.0. The first kappa shape index (κ1) is 18.2. The van der Waals surface area contributed by atoms with E-state index in [-0.39, 0.29) is 17.3 Å². The minimum atomic E-state index is -0.436. The number of nitrogens with zero attached hydrogens (tertiary/aromatic N) is 4. The quantitative estimate of drug-likeness (QED) is 0.484. The lowest BCUT2D eigenvalue weighted by molar-refractivity contribution is -0.383. The second-order valence-corrected chi connectivity index (χ2v) is 7.06. The second kappa shape index (κ2) is 7.44. The monoisotopic (exact) mass is 395 g/mol. The molecule has 0 saturated heterocycles. The number of rotatable bonds is 4. The van der Waals surface area contributed by atoms with E-state index >= 15 is 0 Å². The van der Waals surface area contributed by atoms with Crippen LogP contribution in [0.2, 0.25) is 5.02 Å². The molecule has 142 valence electrons. The van der Waals surface area contributed by atoms with Gasteiger partial charge >= 0.3 is 5.69 Å². The fourth-order valence-electron chi connectivity index (χ4n) is 3.44. The van der Waals surface area contributed by atoms with Crippen molar-refractivity contribution in [3.63, 3.8) is 0 Å². The molecule has 0 bridgehead atoms. The van der Waals surface area contributed by atoms with Crippen molar-refractivity contribution >= 4 is 40.3 Å². The molecule has 2 heterocycles. The Morgan fingerprint density at radius 1 is 1.21 bits per heavy atom. The molecule has 0 radical (unpaired) electrons. The van der Waals surface area contributed by atoms with E-state index in [0.29, 0.717) is 17.3 Å². The van der Waals surface area contributed by atoms with Crippen molar-refractivity contribution in [3.8, 4) is 0 Å². The summed E-state index contributed by atoms with van der Waals surface area (Å²) in [5.74, 6) is 0.428. The lowest BCUT2D eigenvalue weighted by Gasteiger charge is -2.30. The third-order valence-corrected chi connectivity index (χ3v) is 5.04. The summed E-state index contributed by atoms with van der Waals surface area (Å²) in [6.45, 7) is 2.55. The summed E-state index contributed by atoms with van der Waals surface area (Å²) >= 11 is 6.08. The van der Waals surface area contributed by atoms with E-state index in [2.05, 4.69) is 15.3 Å². The molecule has 0 aliphatic carbocycles. The molecular weight excluding hydrogens is 378 g/mol. The zero-order valence-corrected chi connectivity index (χ0v) is 16.0. The molecule has 28 heavy (non-hydrogen) atoms. The minimum absolute atomic E-state index is 0.142. The molecular formula is C20H18ClN5O2. The van der Waals surface area contributed by atoms with E-state index < -0.39 is 4.92 Å². The van der Waals surface area contributed by atoms with Crippen molar-refractivity contribution < 1.29 is 4.92 Å². The largest absolute Gasteiger partial charge is 0.354 e. The Kier molecular flexibility index (Phi) is 4.83. The molecule has 1 aliphatic heterocycles. The van der Waals surface area contributed by atoms with Gasteiger partial charge in [0.25, 0.3) is 0 Å². The van der Waals surface area contributed by atoms with Gasteiger partial charge in [0.1, 0.15) is 6.33 Å². The number of hydrogen-bond donors (Lipinski definition) is 1. The van der Waals surface area contributed by atoms with Crippen LogP contribution in [0.3, 0.4) is 0 Å². The highest BCUT2D eigenvalue weighted by molar-refractivity contribution is 6.30.